The van der Waals surface area contributed by atoms with Gasteiger partial charge in [0.1, 0.15) is 18.2 Å². The number of aryl methyl sites for hydroxylation is 2. The predicted octanol–water partition coefficient (Wildman–Crippen LogP) is 7.50. The minimum atomic E-state index is -0.542. The van der Waals surface area contributed by atoms with Crippen LogP contribution < -0.4 is 10.1 Å². The van der Waals surface area contributed by atoms with Crippen LogP contribution in [0, 0.1) is 25.2 Å². The van der Waals surface area contributed by atoms with Crippen LogP contribution in [0.3, 0.4) is 0 Å². The number of ether oxygens (including phenoxy) is 1. The van der Waals surface area contributed by atoms with Gasteiger partial charge >= 0.3 is 0 Å². The molecule has 3 aromatic rings. The van der Waals surface area contributed by atoms with Crippen LogP contribution in [-0.4, -0.2) is 5.91 Å². The Morgan fingerprint density at radius 1 is 1.12 bits per heavy atom. The molecule has 0 fully saturated rings. The molecule has 0 unspecified atom stereocenters. The summed E-state index contributed by atoms with van der Waals surface area (Å²) in [6.07, 6.45) is 1.46. The van der Waals surface area contributed by atoms with Gasteiger partial charge < -0.3 is 10.1 Å². The number of carbonyl (C=O) groups excluding carboxylic acids is 1. The van der Waals surface area contributed by atoms with E-state index in [1.807, 2.05) is 44.2 Å². The first kappa shape index (κ1) is 23.9. The van der Waals surface area contributed by atoms with Gasteiger partial charge in [-0.1, -0.05) is 59.1 Å². The van der Waals surface area contributed by atoms with Crippen LogP contribution in [-0.2, 0) is 11.4 Å². The van der Waals surface area contributed by atoms with Gasteiger partial charge in [0, 0.05) is 10.7 Å². The normalized spacial score (nSPS) is 11.1. The maximum Gasteiger partial charge on any atom is 0.266 e. The number of nitrogens with zero attached hydrogens (tertiary/aromatic N) is 1. The summed E-state index contributed by atoms with van der Waals surface area (Å²) in [5.74, 6) is -0.0537. The van der Waals surface area contributed by atoms with E-state index >= 15 is 0 Å². The fourth-order valence-corrected chi connectivity index (χ4v) is 4.11. The highest BCUT2D eigenvalue weighted by Gasteiger charge is 2.13. The third-order valence-electron chi connectivity index (χ3n) is 4.59. The van der Waals surface area contributed by atoms with Crippen molar-refractivity contribution in [2.75, 3.05) is 5.32 Å². The molecule has 1 amide bonds. The van der Waals surface area contributed by atoms with Crippen molar-refractivity contribution in [3.8, 4) is 11.8 Å². The maximum atomic E-state index is 12.6. The molecule has 0 heterocycles. The molecule has 0 spiro atoms. The van der Waals surface area contributed by atoms with Gasteiger partial charge in [-0.25, -0.2) is 0 Å². The average molecular weight is 530 g/mol. The number of amides is 1. The van der Waals surface area contributed by atoms with Gasteiger partial charge in [0.05, 0.1) is 9.50 Å². The van der Waals surface area contributed by atoms with Crippen LogP contribution in [0.15, 0.2) is 64.6 Å². The van der Waals surface area contributed by atoms with E-state index in [1.54, 1.807) is 30.3 Å². The molecular weight excluding hydrogens is 511 g/mol. The van der Waals surface area contributed by atoms with Gasteiger partial charge in [-0.3, -0.25) is 4.79 Å². The van der Waals surface area contributed by atoms with Crippen molar-refractivity contribution in [1.29, 1.82) is 5.26 Å². The van der Waals surface area contributed by atoms with Gasteiger partial charge in [0.2, 0.25) is 0 Å². The molecule has 0 aliphatic rings. The lowest BCUT2D eigenvalue weighted by molar-refractivity contribution is -0.112. The van der Waals surface area contributed by atoms with Crippen LogP contribution >= 0.6 is 39.1 Å². The molecular formula is C25H19BrCl2N2O2. The van der Waals surface area contributed by atoms with E-state index in [2.05, 4.69) is 21.2 Å². The fourth-order valence-electron chi connectivity index (χ4n) is 2.94. The number of nitriles is 1. The Kier molecular flexibility index (Phi) is 7.98. The van der Waals surface area contributed by atoms with Gasteiger partial charge in [0.25, 0.3) is 5.91 Å². The first-order valence-corrected chi connectivity index (χ1v) is 11.2. The summed E-state index contributed by atoms with van der Waals surface area (Å²) in [4.78, 5) is 12.6. The zero-order valence-electron chi connectivity index (χ0n) is 17.4. The molecule has 7 heteroatoms. The molecule has 0 aromatic heterocycles. The van der Waals surface area contributed by atoms with Crippen LogP contribution in [0.5, 0.6) is 5.75 Å². The quantitative estimate of drug-likeness (QED) is 0.265. The number of nitrogens with one attached hydrogen (secondary N) is 1. The second kappa shape index (κ2) is 10.7. The Hall–Kier alpha value is -2.78. The Morgan fingerprint density at radius 3 is 2.56 bits per heavy atom. The molecule has 162 valence electrons. The van der Waals surface area contributed by atoms with Crippen molar-refractivity contribution in [3.63, 3.8) is 0 Å². The van der Waals surface area contributed by atoms with Gasteiger partial charge in [0.15, 0.2) is 5.75 Å². The predicted molar refractivity (Wildman–Crippen MR) is 133 cm³/mol. The highest BCUT2D eigenvalue weighted by Crippen LogP contribution is 2.36. The molecule has 0 saturated carbocycles. The Morgan fingerprint density at radius 2 is 1.91 bits per heavy atom. The molecule has 0 aliphatic carbocycles. The Labute approximate surface area is 205 Å². The van der Waals surface area contributed by atoms with E-state index in [1.165, 1.54) is 6.08 Å². The standard InChI is InChI=1S/C25H19BrCl2N2O2/c1-15-4-3-5-17(8-15)14-32-24-21(26)10-18(11-23(24)28)9-19(13-29)25(31)30-20-7-6-16(2)22(27)12-20/h3-12H,14H2,1-2H3,(H,30,31)/b19-9-. The van der Waals surface area contributed by atoms with Crippen molar-refractivity contribution in [2.24, 2.45) is 0 Å². The Bertz CT molecular complexity index is 1230. The summed E-state index contributed by atoms with van der Waals surface area (Å²) in [5, 5.41) is 13.1. The molecule has 3 aromatic carbocycles. The average Bonchev–Trinajstić information content (AvgIpc) is 2.74. The highest BCUT2D eigenvalue weighted by atomic mass is 79.9. The number of hydrogen-bond acceptors (Lipinski definition) is 3. The topological polar surface area (TPSA) is 62.1 Å². The third kappa shape index (κ3) is 6.14. The van der Waals surface area contributed by atoms with E-state index in [0.29, 0.717) is 38.1 Å². The fraction of sp³-hybridized carbons (Fsp3) is 0.120. The maximum absolute atomic E-state index is 12.6. The molecule has 0 saturated heterocycles. The van der Waals surface area contributed by atoms with Crippen LogP contribution in [0.1, 0.15) is 22.3 Å². The Balaban J connectivity index is 1.77. The summed E-state index contributed by atoms with van der Waals surface area (Å²) < 4.78 is 6.50. The molecule has 0 atom stereocenters. The zero-order chi connectivity index (χ0) is 23.3. The number of rotatable bonds is 6. The van der Waals surface area contributed by atoms with E-state index < -0.39 is 5.91 Å². The summed E-state index contributed by atoms with van der Waals surface area (Å²) in [5.41, 5.74) is 4.08. The second-order valence-electron chi connectivity index (χ2n) is 7.18. The van der Waals surface area contributed by atoms with Crippen molar-refractivity contribution >= 4 is 56.8 Å². The lowest BCUT2D eigenvalue weighted by atomic mass is 10.1. The first-order valence-electron chi connectivity index (χ1n) is 9.63. The SMILES string of the molecule is Cc1cccc(COc2c(Cl)cc(/C=C(/C#N)C(=O)Nc3ccc(C)c(Cl)c3)cc2Br)c1. The molecule has 0 aliphatic heterocycles. The largest absolute Gasteiger partial charge is 0.486 e. The summed E-state index contributed by atoms with van der Waals surface area (Å²) in [6.45, 7) is 4.24. The number of halogens is 3. The minimum absolute atomic E-state index is 0.0712. The summed E-state index contributed by atoms with van der Waals surface area (Å²) in [7, 11) is 0. The van der Waals surface area contributed by atoms with Crippen molar-refractivity contribution in [1.82, 2.24) is 0 Å². The van der Waals surface area contributed by atoms with E-state index in [9.17, 15) is 10.1 Å². The monoisotopic (exact) mass is 528 g/mol. The minimum Gasteiger partial charge on any atom is -0.486 e. The lowest BCUT2D eigenvalue weighted by Gasteiger charge is -2.12. The summed E-state index contributed by atoms with van der Waals surface area (Å²) in [6, 6.07) is 18.5. The van der Waals surface area contributed by atoms with Gasteiger partial charge in [-0.2, -0.15) is 5.26 Å². The van der Waals surface area contributed by atoms with E-state index in [-0.39, 0.29) is 5.57 Å². The van der Waals surface area contributed by atoms with Crippen molar-refractivity contribution in [3.05, 3.63) is 96.9 Å². The van der Waals surface area contributed by atoms with Crippen molar-refractivity contribution in [2.45, 2.75) is 20.5 Å². The van der Waals surface area contributed by atoms with E-state index in [4.69, 9.17) is 27.9 Å². The molecule has 0 bridgehead atoms. The molecule has 0 radical (unpaired) electrons. The second-order valence-corrected chi connectivity index (χ2v) is 8.85. The van der Waals surface area contributed by atoms with Gasteiger partial charge in [-0.15, -0.1) is 0 Å². The smallest absolute Gasteiger partial charge is 0.266 e. The van der Waals surface area contributed by atoms with Gasteiger partial charge in [-0.05, 0) is 76.8 Å². The molecule has 1 N–H and O–H groups in total. The van der Waals surface area contributed by atoms with Crippen LogP contribution in [0.25, 0.3) is 6.08 Å². The highest BCUT2D eigenvalue weighted by molar-refractivity contribution is 9.10. The zero-order valence-corrected chi connectivity index (χ0v) is 20.5. The van der Waals surface area contributed by atoms with Crippen LogP contribution in [0.2, 0.25) is 10.0 Å². The number of carbonyl (C=O) groups is 1. The number of anilines is 1. The molecule has 4 nitrogen and oxygen atoms in total. The molecule has 3 rings (SSSR count). The number of hydrogen-bond donors (Lipinski definition) is 1. The third-order valence-corrected chi connectivity index (χ3v) is 5.87. The van der Waals surface area contributed by atoms with E-state index in [0.717, 1.165) is 16.7 Å². The lowest BCUT2D eigenvalue weighted by Crippen LogP contribution is -2.13. The first-order chi connectivity index (χ1) is 15.3. The van der Waals surface area contributed by atoms with Crippen molar-refractivity contribution < 1.29 is 9.53 Å². The molecule has 32 heavy (non-hydrogen) atoms. The van der Waals surface area contributed by atoms with Crippen LogP contribution in [0.4, 0.5) is 5.69 Å². The summed E-state index contributed by atoms with van der Waals surface area (Å²) >= 11 is 16.0. The number of benzene rings is 3.